The zero-order chi connectivity index (χ0) is 32.7. The Hall–Kier alpha value is -2.18. The molecule has 9 nitrogen and oxygen atoms in total. The molecule has 45 heavy (non-hydrogen) atoms. The van der Waals surface area contributed by atoms with Crippen molar-refractivity contribution in [2.75, 3.05) is 25.0 Å². The average Bonchev–Trinajstić information content (AvgIpc) is 3.51. The van der Waals surface area contributed by atoms with E-state index in [1.807, 2.05) is 9.80 Å². The van der Waals surface area contributed by atoms with Gasteiger partial charge in [-0.15, -0.1) is 10.2 Å². The van der Waals surface area contributed by atoms with Gasteiger partial charge in [0.2, 0.25) is 16.9 Å². The summed E-state index contributed by atoms with van der Waals surface area (Å²) in [5.74, 6) is -0.0763. The smallest absolute Gasteiger partial charge is 0.240 e. The number of anilines is 1. The van der Waals surface area contributed by atoms with Gasteiger partial charge in [0, 0.05) is 51.8 Å². The summed E-state index contributed by atoms with van der Waals surface area (Å²) in [6, 6.07) is 8.23. The lowest BCUT2D eigenvalue weighted by molar-refractivity contribution is -0.149. The molecule has 1 fully saturated rings. The lowest BCUT2D eigenvalue weighted by Gasteiger charge is -2.48. The molecule has 1 aromatic heterocycles. The van der Waals surface area contributed by atoms with Gasteiger partial charge in [-0.2, -0.15) is 0 Å². The summed E-state index contributed by atoms with van der Waals surface area (Å²) in [7, 11) is 0. The van der Waals surface area contributed by atoms with Crippen molar-refractivity contribution in [3.63, 3.8) is 0 Å². The molecule has 0 spiro atoms. The zero-order valence-corrected chi connectivity index (χ0v) is 29.1. The molecule has 4 rings (SSSR count). The Bertz CT molecular complexity index is 1450. The van der Waals surface area contributed by atoms with Gasteiger partial charge in [-0.25, -0.2) is 0 Å². The molecule has 14 heteroatoms. The summed E-state index contributed by atoms with van der Waals surface area (Å²) in [6.45, 7) is 5.53. The highest BCUT2D eigenvalue weighted by molar-refractivity contribution is 7.13. The number of nitrogens with two attached hydrogens (primary N) is 2. The first-order chi connectivity index (χ1) is 21.4. The van der Waals surface area contributed by atoms with Gasteiger partial charge in [-0.1, -0.05) is 83.7 Å². The Morgan fingerprint density at radius 1 is 0.911 bits per heavy atom. The van der Waals surface area contributed by atoms with Crippen LogP contribution in [0.3, 0.4) is 0 Å². The van der Waals surface area contributed by atoms with E-state index in [1.54, 1.807) is 41.9 Å². The van der Waals surface area contributed by atoms with Crippen molar-refractivity contribution in [3.05, 3.63) is 73.1 Å². The van der Waals surface area contributed by atoms with Crippen molar-refractivity contribution in [2.24, 2.45) is 17.4 Å². The Kier molecular flexibility index (Phi) is 13.1. The van der Waals surface area contributed by atoms with E-state index >= 15 is 0 Å². The molecule has 2 unspecified atom stereocenters. The predicted octanol–water partition coefficient (Wildman–Crippen LogP) is 5.94. The SMILES string of the molecule is CC(C)C[C@@H]1CN(C(=O)C(N)Cc2ccc(Cl)cc2Cl)[C@@H](CCCNc2nncs2)CN1C(=O)C(N)Cc1ccc(Cl)cc1Cl. The van der Waals surface area contributed by atoms with Crippen LogP contribution in [0.15, 0.2) is 41.9 Å². The van der Waals surface area contributed by atoms with Gasteiger partial charge in [-0.3, -0.25) is 9.59 Å². The number of carbonyl (C=O) groups is 2. The van der Waals surface area contributed by atoms with E-state index in [9.17, 15) is 9.59 Å². The maximum Gasteiger partial charge on any atom is 0.240 e. The van der Waals surface area contributed by atoms with Crippen LogP contribution in [0.2, 0.25) is 20.1 Å². The number of amides is 2. The predicted molar refractivity (Wildman–Crippen MR) is 184 cm³/mol. The molecule has 244 valence electrons. The second kappa shape index (κ2) is 16.6. The van der Waals surface area contributed by atoms with Crippen molar-refractivity contribution in [3.8, 4) is 0 Å². The minimum absolute atomic E-state index is 0.173. The molecule has 1 aliphatic heterocycles. The molecule has 0 saturated carbocycles. The van der Waals surface area contributed by atoms with Crippen LogP contribution in [-0.2, 0) is 22.4 Å². The Balaban J connectivity index is 1.54. The fraction of sp³-hybridized carbons (Fsp3) is 0.484. The van der Waals surface area contributed by atoms with E-state index in [-0.39, 0.29) is 42.7 Å². The first kappa shape index (κ1) is 35.7. The van der Waals surface area contributed by atoms with Gasteiger partial charge in [-0.05, 0) is 73.4 Å². The second-order valence-corrected chi connectivity index (χ2v) is 14.3. The minimum Gasteiger partial charge on any atom is -0.360 e. The van der Waals surface area contributed by atoms with Crippen molar-refractivity contribution < 1.29 is 9.59 Å². The quantitative estimate of drug-likeness (QED) is 0.187. The van der Waals surface area contributed by atoms with Crippen molar-refractivity contribution in [2.45, 2.75) is 70.1 Å². The highest BCUT2D eigenvalue weighted by Crippen LogP contribution is 2.28. The van der Waals surface area contributed by atoms with E-state index in [1.165, 1.54) is 11.3 Å². The number of benzene rings is 2. The third-order valence-electron chi connectivity index (χ3n) is 7.90. The molecule has 0 aliphatic carbocycles. The highest BCUT2D eigenvalue weighted by Gasteiger charge is 2.41. The Morgan fingerprint density at radius 2 is 1.44 bits per heavy atom. The second-order valence-electron chi connectivity index (χ2n) is 11.8. The van der Waals surface area contributed by atoms with Crippen LogP contribution in [-0.4, -0.2) is 75.6 Å². The zero-order valence-electron chi connectivity index (χ0n) is 25.3. The van der Waals surface area contributed by atoms with Crippen LogP contribution < -0.4 is 16.8 Å². The lowest BCUT2D eigenvalue weighted by atomic mass is 9.93. The summed E-state index contributed by atoms with van der Waals surface area (Å²) in [4.78, 5) is 31.7. The molecule has 0 bridgehead atoms. The fourth-order valence-electron chi connectivity index (χ4n) is 5.71. The van der Waals surface area contributed by atoms with Gasteiger partial charge in [0.05, 0.1) is 12.1 Å². The molecule has 1 saturated heterocycles. The van der Waals surface area contributed by atoms with Crippen LogP contribution in [0.1, 0.15) is 44.2 Å². The maximum atomic E-state index is 14.0. The Labute approximate surface area is 288 Å². The summed E-state index contributed by atoms with van der Waals surface area (Å²) >= 11 is 26.4. The first-order valence-corrected chi connectivity index (χ1v) is 17.3. The molecule has 3 aromatic rings. The monoisotopic (exact) mass is 713 g/mol. The maximum absolute atomic E-state index is 14.0. The summed E-state index contributed by atoms with van der Waals surface area (Å²) < 4.78 is 0. The summed E-state index contributed by atoms with van der Waals surface area (Å²) in [5, 5.41) is 13.9. The van der Waals surface area contributed by atoms with Gasteiger partial charge in [0.25, 0.3) is 0 Å². The molecule has 5 N–H and O–H groups in total. The van der Waals surface area contributed by atoms with E-state index in [4.69, 9.17) is 57.9 Å². The van der Waals surface area contributed by atoms with Gasteiger partial charge in [0.15, 0.2) is 0 Å². The van der Waals surface area contributed by atoms with Crippen LogP contribution in [0.5, 0.6) is 0 Å². The fourth-order valence-corrected chi connectivity index (χ4v) is 7.16. The molecule has 2 amide bonds. The number of hydrogen-bond acceptors (Lipinski definition) is 8. The molecule has 1 aliphatic rings. The average molecular weight is 716 g/mol. The summed E-state index contributed by atoms with van der Waals surface area (Å²) in [6.07, 6.45) is 2.61. The normalized spacial score (nSPS) is 18.2. The van der Waals surface area contributed by atoms with Crippen molar-refractivity contribution >= 4 is 74.7 Å². The molecular weight excluding hydrogens is 676 g/mol. The molecule has 2 heterocycles. The van der Waals surface area contributed by atoms with E-state index in [2.05, 4.69) is 29.4 Å². The van der Waals surface area contributed by atoms with E-state index in [0.29, 0.717) is 52.6 Å². The van der Waals surface area contributed by atoms with Crippen molar-refractivity contribution in [1.29, 1.82) is 0 Å². The third kappa shape index (κ3) is 9.91. The van der Waals surface area contributed by atoms with Crippen molar-refractivity contribution in [1.82, 2.24) is 20.0 Å². The molecule has 2 aromatic carbocycles. The number of nitrogens with zero attached hydrogens (tertiary/aromatic N) is 4. The van der Waals surface area contributed by atoms with Crippen LogP contribution in [0, 0.1) is 5.92 Å². The number of hydrogen-bond donors (Lipinski definition) is 3. The Morgan fingerprint density at radius 3 is 1.93 bits per heavy atom. The van der Waals surface area contributed by atoms with E-state index < -0.39 is 12.1 Å². The largest absolute Gasteiger partial charge is 0.360 e. The topological polar surface area (TPSA) is 130 Å². The number of halogens is 4. The molecular formula is C31H39Cl4N7O2S. The number of piperazine rings is 1. The summed E-state index contributed by atoms with van der Waals surface area (Å²) in [5.41, 5.74) is 16.2. The van der Waals surface area contributed by atoms with Crippen LogP contribution >= 0.6 is 57.7 Å². The van der Waals surface area contributed by atoms with Gasteiger partial charge >= 0.3 is 0 Å². The minimum atomic E-state index is -0.818. The number of carbonyl (C=O) groups excluding carboxylic acids is 2. The van der Waals surface area contributed by atoms with E-state index in [0.717, 1.165) is 22.7 Å². The van der Waals surface area contributed by atoms with Gasteiger partial charge < -0.3 is 26.6 Å². The number of rotatable bonds is 13. The third-order valence-corrected chi connectivity index (χ3v) is 9.72. The number of aromatic nitrogens is 2. The first-order valence-electron chi connectivity index (χ1n) is 14.9. The van der Waals surface area contributed by atoms with Gasteiger partial charge in [0.1, 0.15) is 5.51 Å². The molecule has 4 atom stereocenters. The number of nitrogens with one attached hydrogen (secondary N) is 1. The molecule has 0 radical (unpaired) electrons. The van der Waals surface area contributed by atoms with Crippen LogP contribution in [0.4, 0.5) is 5.13 Å². The lowest BCUT2D eigenvalue weighted by Crippen LogP contribution is -2.65. The van der Waals surface area contributed by atoms with Crippen LogP contribution in [0.25, 0.3) is 0 Å². The highest BCUT2D eigenvalue weighted by atomic mass is 35.5. The standard InChI is InChI=1S/C31H39Cl4N7O2S/c1-18(2)10-24-16-41(29(43)27(36)11-19-5-7-21(32)13-25(19)34)23(4-3-9-38-31-40-39-17-45-31)15-42(24)30(44)28(37)12-20-6-8-22(33)14-26(20)35/h5-8,13-14,17-18,23-24,27-28H,3-4,9-12,15-16,36-37H2,1-2H3,(H,38,40)/t23-,24+,27?,28?/m0/s1.